The monoisotopic (exact) mass is 348 g/mol. The molecule has 0 radical (unpaired) electrons. The average molecular weight is 348 g/mol. The molecule has 0 aliphatic carbocycles. The van der Waals surface area contributed by atoms with Gasteiger partial charge < -0.3 is 4.90 Å². The Balaban J connectivity index is 1.87. The number of benzene rings is 2. The highest BCUT2D eigenvalue weighted by Gasteiger charge is 2.52. The molecule has 0 spiro atoms. The van der Waals surface area contributed by atoms with Gasteiger partial charge in [-0.3, -0.25) is 9.36 Å². The van der Waals surface area contributed by atoms with Crippen LogP contribution in [0.15, 0.2) is 42.5 Å². The van der Waals surface area contributed by atoms with Crippen molar-refractivity contribution in [1.82, 2.24) is 4.57 Å². The average Bonchev–Trinajstić information content (AvgIpc) is 3.10. The Morgan fingerprint density at radius 3 is 2.62 bits per heavy atom. The van der Waals surface area contributed by atoms with Crippen LogP contribution in [0.1, 0.15) is 38.1 Å². The van der Waals surface area contributed by atoms with Crippen LogP contribution in [0.5, 0.6) is 0 Å². The predicted molar refractivity (Wildman–Crippen MR) is 102 cm³/mol. The molecule has 132 valence electrons. The lowest BCUT2D eigenvalue weighted by molar-refractivity contribution is 0.0820. The Hall–Kier alpha value is -2.62. The minimum absolute atomic E-state index is 0.0702. The van der Waals surface area contributed by atoms with Crippen LogP contribution in [0.2, 0.25) is 0 Å². The summed E-state index contributed by atoms with van der Waals surface area (Å²) in [5.74, 6) is -0.212. The smallest absolute Gasteiger partial charge is 0.243 e. The van der Waals surface area contributed by atoms with Crippen LogP contribution in [-0.4, -0.2) is 22.6 Å². The molecule has 0 N–H and O–H groups in total. The fourth-order valence-corrected chi connectivity index (χ4v) is 4.66. The SMILES string of the molecule is CC12CN(C(C)(C)C)c3cccc(c31)-c1cc3cc(F)ccc3n1C2=O. The van der Waals surface area contributed by atoms with E-state index in [0.717, 1.165) is 33.4 Å². The van der Waals surface area contributed by atoms with Crippen molar-refractivity contribution < 1.29 is 9.18 Å². The minimum atomic E-state index is -0.605. The summed E-state index contributed by atoms with van der Waals surface area (Å²) in [4.78, 5) is 16.0. The number of fused-ring (bicyclic) bond motifs is 4. The van der Waals surface area contributed by atoms with E-state index in [1.54, 1.807) is 10.6 Å². The van der Waals surface area contributed by atoms with Gasteiger partial charge in [-0.2, -0.15) is 0 Å². The molecule has 1 atom stereocenters. The highest BCUT2D eigenvalue weighted by molar-refractivity contribution is 6.09. The lowest BCUT2D eigenvalue weighted by Crippen LogP contribution is -2.48. The zero-order valence-electron chi connectivity index (χ0n) is 15.4. The largest absolute Gasteiger partial charge is 0.365 e. The van der Waals surface area contributed by atoms with Crippen molar-refractivity contribution in [2.75, 3.05) is 11.4 Å². The number of carbonyl (C=O) groups excluding carboxylic acids is 1. The summed E-state index contributed by atoms with van der Waals surface area (Å²) in [5.41, 5.74) is 4.28. The number of nitrogens with zero attached hydrogens (tertiary/aromatic N) is 2. The van der Waals surface area contributed by atoms with E-state index in [9.17, 15) is 9.18 Å². The van der Waals surface area contributed by atoms with E-state index in [1.165, 1.54) is 12.1 Å². The van der Waals surface area contributed by atoms with E-state index < -0.39 is 5.41 Å². The molecule has 0 saturated heterocycles. The number of hydrogen-bond acceptors (Lipinski definition) is 2. The van der Waals surface area contributed by atoms with Gasteiger partial charge in [0.05, 0.1) is 16.6 Å². The topological polar surface area (TPSA) is 25.2 Å². The maximum Gasteiger partial charge on any atom is 0.243 e. The third-order valence-corrected chi connectivity index (χ3v) is 5.88. The molecule has 1 aromatic heterocycles. The minimum Gasteiger partial charge on any atom is -0.365 e. The first-order valence-corrected chi connectivity index (χ1v) is 8.99. The Bertz CT molecular complexity index is 1110. The van der Waals surface area contributed by atoms with E-state index in [-0.39, 0.29) is 17.3 Å². The van der Waals surface area contributed by atoms with Gasteiger partial charge in [0.25, 0.3) is 0 Å². The molecule has 1 unspecified atom stereocenters. The molecule has 0 amide bonds. The van der Waals surface area contributed by atoms with E-state index in [1.807, 2.05) is 13.0 Å². The molecule has 3 nitrogen and oxygen atoms in total. The van der Waals surface area contributed by atoms with Crippen molar-refractivity contribution in [2.45, 2.75) is 38.6 Å². The number of halogens is 1. The molecule has 3 aromatic rings. The molecular weight excluding hydrogens is 327 g/mol. The fourth-order valence-electron chi connectivity index (χ4n) is 4.66. The van der Waals surface area contributed by atoms with E-state index in [0.29, 0.717) is 6.54 Å². The van der Waals surface area contributed by atoms with Crippen molar-refractivity contribution in [3.63, 3.8) is 0 Å². The summed E-state index contributed by atoms with van der Waals surface area (Å²) in [6, 6.07) is 12.8. The number of hydrogen-bond donors (Lipinski definition) is 0. The first-order valence-electron chi connectivity index (χ1n) is 8.99. The Morgan fingerprint density at radius 1 is 1.12 bits per heavy atom. The molecule has 0 fully saturated rings. The fraction of sp³-hybridized carbons (Fsp3) is 0.318. The van der Waals surface area contributed by atoms with Gasteiger partial charge in [0.1, 0.15) is 5.82 Å². The van der Waals surface area contributed by atoms with Crippen LogP contribution >= 0.6 is 0 Å². The molecule has 3 heterocycles. The lowest BCUT2D eigenvalue weighted by Gasteiger charge is -2.36. The van der Waals surface area contributed by atoms with Crippen LogP contribution in [0.25, 0.3) is 22.2 Å². The lowest BCUT2D eigenvalue weighted by atomic mass is 9.77. The first-order chi connectivity index (χ1) is 12.2. The van der Waals surface area contributed by atoms with Gasteiger partial charge in [0, 0.05) is 34.3 Å². The highest BCUT2D eigenvalue weighted by atomic mass is 19.1. The van der Waals surface area contributed by atoms with Gasteiger partial charge in [0.15, 0.2) is 0 Å². The summed E-state index contributed by atoms with van der Waals surface area (Å²) in [6.07, 6.45) is 0. The van der Waals surface area contributed by atoms with Crippen molar-refractivity contribution in [3.05, 3.63) is 53.8 Å². The highest BCUT2D eigenvalue weighted by Crippen LogP contribution is 2.52. The second kappa shape index (κ2) is 4.56. The van der Waals surface area contributed by atoms with Gasteiger partial charge in [-0.05, 0) is 58.0 Å². The van der Waals surface area contributed by atoms with Crippen molar-refractivity contribution in [1.29, 1.82) is 0 Å². The molecule has 0 saturated carbocycles. The molecular formula is C22H21FN2O. The van der Waals surface area contributed by atoms with Crippen LogP contribution in [0, 0.1) is 5.82 Å². The van der Waals surface area contributed by atoms with Crippen molar-refractivity contribution in [3.8, 4) is 11.3 Å². The Labute approximate surface area is 152 Å². The molecule has 2 aliphatic heterocycles. The van der Waals surface area contributed by atoms with Crippen LogP contribution in [0.4, 0.5) is 10.1 Å². The summed E-state index contributed by atoms with van der Waals surface area (Å²) < 4.78 is 15.5. The second-order valence-electron chi connectivity index (χ2n) is 8.66. The van der Waals surface area contributed by atoms with Crippen molar-refractivity contribution in [2.24, 2.45) is 0 Å². The van der Waals surface area contributed by atoms with Gasteiger partial charge in [0.2, 0.25) is 5.91 Å². The van der Waals surface area contributed by atoms with Crippen LogP contribution in [0.3, 0.4) is 0 Å². The van der Waals surface area contributed by atoms with Gasteiger partial charge in [-0.15, -0.1) is 0 Å². The molecule has 2 aromatic carbocycles. The molecule has 0 bridgehead atoms. The van der Waals surface area contributed by atoms with E-state index in [4.69, 9.17) is 0 Å². The number of rotatable bonds is 0. The molecule has 4 heteroatoms. The predicted octanol–water partition coefficient (Wildman–Crippen LogP) is 4.98. The summed E-state index contributed by atoms with van der Waals surface area (Å²) in [6.45, 7) is 9.23. The van der Waals surface area contributed by atoms with Crippen LogP contribution < -0.4 is 4.90 Å². The van der Waals surface area contributed by atoms with E-state index in [2.05, 4.69) is 43.9 Å². The number of carbonyl (C=O) groups is 1. The Morgan fingerprint density at radius 2 is 1.88 bits per heavy atom. The quantitative estimate of drug-likeness (QED) is 0.573. The second-order valence-corrected chi connectivity index (χ2v) is 8.66. The molecule has 26 heavy (non-hydrogen) atoms. The first kappa shape index (κ1) is 15.6. The summed E-state index contributed by atoms with van der Waals surface area (Å²) >= 11 is 0. The van der Waals surface area contributed by atoms with Crippen molar-refractivity contribution >= 4 is 22.5 Å². The summed E-state index contributed by atoms with van der Waals surface area (Å²) in [7, 11) is 0. The number of anilines is 1. The third-order valence-electron chi connectivity index (χ3n) is 5.88. The maximum atomic E-state index is 13.7. The van der Waals surface area contributed by atoms with Crippen LogP contribution in [-0.2, 0) is 5.41 Å². The Kier molecular flexibility index (Phi) is 2.74. The van der Waals surface area contributed by atoms with E-state index >= 15 is 0 Å². The van der Waals surface area contributed by atoms with Gasteiger partial charge in [-0.25, -0.2) is 4.39 Å². The zero-order chi connectivity index (χ0) is 18.4. The molecule has 2 aliphatic rings. The van der Waals surface area contributed by atoms with Gasteiger partial charge in [-0.1, -0.05) is 12.1 Å². The third kappa shape index (κ3) is 1.74. The van der Waals surface area contributed by atoms with Gasteiger partial charge >= 0.3 is 0 Å². The summed E-state index contributed by atoms with van der Waals surface area (Å²) in [5, 5.41) is 0.766. The zero-order valence-corrected chi connectivity index (χ0v) is 15.4. The normalized spacial score (nSPS) is 21.3. The maximum absolute atomic E-state index is 13.7. The molecule has 5 rings (SSSR count). The standard InChI is InChI=1S/C22H21FN2O/c1-21(2,3)24-12-22(4)19-15(6-5-7-17(19)24)18-11-13-10-14(23)8-9-16(13)25(18)20(22)26/h5-11H,12H2,1-4H3. The number of aromatic nitrogens is 1.